The van der Waals surface area contributed by atoms with Crippen molar-refractivity contribution in [2.24, 2.45) is 5.92 Å². The Hall–Kier alpha value is -3.00. The van der Waals surface area contributed by atoms with E-state index < -0.39 is 0 Å². The van der Waals surface area contributed by atoms with Crippen molar-refractivity contribution in [2.75, 3.05) is 0 Å². The summed E-state index contributed by atoms with van der Waals surface area (Å²) in [6.07, 6.45) is 5.42. The molecule has 1 heteroatoms. The van der Waals surface area contributed by atoms with Gasteiger partial charge in [0.2, 0.25) is 0 Å². The molecule has 0 radical (unpaired) electrons. The smallest absolute Gasteiger partial charge is 0.0248 e. The number of rotatable bonds is 1. The largest absolute Gasteiger partial charge is 0.184 e. The maximum atomic E-state index is 3.23. The first kappa shape index (κ1) is 15.4. The Labute approximate surface area is 128 Å². The molecule has 1 aliphatic carbocycles. The molecule has 0 saturated heterocycles. The third-order valence-electron chi connectivity index (χ3n) is 4.47. The van der Waals surface area contributed by atoms with Crippen molar-refractivity contribution >= 4 is 0 Å². The Morgan fingerprint density at radius 2 is 1.36 bits per heavy atom. The molecule has 0 aromatic heterocycles. The van der Waals surface area contributed by atoms with Crippen molar-refractivity contribution in [2.45, 2.75) is 38.5 Å². The van der Waals surface area contributed by atoms with Gasteiger partial charge in [-0.15, -0.1) is 0 Å². The van der Waals surface area contributed by atoms with Crippen molar-refractivity contribution in [3.05, 3.63) is 71.3 Å². The van der Waals surface area contributed by atoms with E-state index in [4.69, 9.17) is 0 Å². The number of benzene rings is 2. The average Bonchev–Trinajstić information content (AvgIpc) is 2.55. The summed E-state index contributed by atoms with van der Waals surface area (Å²) in [6.45, 7) is 2.37. The van der Waals surface area contributed by atoms with Gasteiger partial charge in [0.1, 0.15) is 0 Å². The minimum atomic E-state index is 0. The summed E-state index contributed by atoms with van der Waals surface area (Å²) in [5, 5.41) is 0. The maximum Gasteiger partial charge on any atom is 0.0248 e. The van der Waals surface area contributed by atoms with Crippen LogP contribution in [0.1, 0.15) is 55.2 Å². The van der Waals surface area contributed by atoms with Crippen molar-refractivity contribution in [1.82, 2.24) is 0 Å². The first-order valence-electron chi connectivity index (χ1n) is 7.89. The Balaban J connectivity index is 0.00000176. The van der Waals surface area contributed by atoms with E-state index in [0.29, 0.717) is 0 Å². The molecule has 0 unspecified atom stereocenters. The normalized spacial score (nSPS) is 20.4. The van der Waals surface area contributed by atoms with E-state index in [1.165, 1.54) is 31.2 Å². The fourth-order valence-electron chi connectivity index (χ4n) is 3.05. The van der Waals surface area contributed by atoms with Crippen molar-refractivity contribution < 1.29 is 0 Å². The van der Waals surface area contributed by atoms with Gasteiger partial charge in [0.25, 0.3) is 0 Å². The van der Waals surface area contributed by atoms with E-state index in [1.54, 1.807) is 0 Å². The minimum absolute atomic E-state index is 0. The van der Waals surface area contributed by atoms with Crippen LogP contribution < -0.4 is 0 Å². The van der Waals surface area contributed by atoms with Gasteiger partial charge in [0.05, 0.1) is 0 Å². The van der Waals surface area contributed by atoms with Crippen LogP contribution in [0.25, 0.3) is 0 Å². The van der Waals surface area contributed by atoms with Crippen LogP contribution in [0.5, 0.6) is 0 Å². The second-order valence-corrected chi connectivity index (χ2v) is 6.12. The van der Waals surface area contributed by atoms with Crippen molar-refractivity contribution in [1.29, 1.82) is 0 Å². The quantitative estimate of drug-likeness (QED) is 0.359. The molecule has 0 amide bonds. The number of hydrogen-bond acceptors (Lipinski definition) is 0. The van der Waals surface area contributed by atoms with E-state index in [2.05, 4.69) is 49.1 Å². The molecule has 3 rings (SSSR count). The summed E-state index contributed by atoms with van der Waals surface area (Å²) >= 11 is 0. The van der Waals surface area contributed by atoms with Crippen LogP contribution >= 0.6 is 0 Å². The van der Waals surface area contributed by atoms with Crippen LogP contribution in [0.4, 0.5) is 0 Å². The number of hydrogen-bond donors (Lipinski definition) is 0. The fourth-order valence-corrected chi connectivity index (χ4v) is 3.05. The summed E-state index contributed by atoms with van der Waals surface area (Å²) < 4.78 is 0. The fraction of sp³-hybridized carbons (Fsp3) is 0.333. The summed E-state index contributed by atoms with van der Waals surface area (Å²) in [7, 11) is 0. The van der Waals surface area contributed by atoms with Gasteiger partial charge in [-0.3, -0.25) is 0 Å². The first-order valence-corrected chi connectivity index (χ1v) is 7.89. The molecule has 0 aliphatic heterocycles. The molecule has 114 valence electrons. The summed E-state index contributed by atoms with van der Waals surface area (Å²) in [5.74, 6) is 8.10. The second-order valence-electron chi connectivity index (χ2n) is 6.12. The van der Waals surface area contributed by atoms with Gasteiger partial charge in [-0.05, 0) is 42.4 Å². The third kappa shape index (κ3) is 3.76. The van der Waals surface area contributed by atoms with Crippen LogP contribution in [0.2, 0.25) is 0 Å². The molecular weight excluding hydrogens is 499 g/mol. The molecule has 1 aliphatic rings. The van der Waals surface area contributed by atoms with Crippen LogP contribution in [0, 0.1) is 23.8 Å². The van der Waals surface area contributed by atoms with Gasteiger partial charge in [-0.2, -0.15) is 30.3 Å². The SMILES string of the molecule is CC1CCC(c2ccc(C#Cc3cc[c-]cc3)cc2)CC1.[Cm]. The van der Waals surface area contributed by atoms with E-state index in [-0.39, 0.29) is 0 Å². The molecule has 0 heterocycles. The minimum Gasteiger partial charge on any atom is -0.184 e. The van der Waals surface area contributed by atoms with Crippen molar-refractivity contribution in [3.63, 3.8) is 0 Å². The topological polar surface area (TPSA) is 0 Å². The molecule has 0 nitrogen and oxygen atoms in total. The van der Waals surface area contributed by atoms with E-state index >= 15 is 0 Å². The van der Waals surface area contributed by atoms with Gasteiger partial charge in [-0.25, -0.2) is 0 Å². The molecule has 2 aromatic carbocycles. The van der Waals surface area contributed by atoms with Gasteiger partial charge in [0, 0.05) is 5.56 Å². The molecule has 22 heavy (non-hydrogen) atoms. The molecule has 2 aromatic rings. The third-order valence-corrected chi connectivity index (χ3v) is 4.47. The van der Waals surface area contributed by atoms with E-state index in [9.17, 15) is 0 Å². The predicted molar refractivity (Wildman–Crippen MR) is 88.1 cm³/mol. The zero-order valence-electron chi connectivity index (χ0n) is 13.0. The molecule has 1 saturated carbocycles. The first-order chi connectivity index (χ1) is 10.3. The Kier molecular flexibility index (Phi) is 4.99. The Morgan fingerprint density at radius 1 is 0.818 bits per heavy atom. The summed E-state index contributed by atoms with van der Waals surface area (Å²) in [4.78, 5) is 0. The van der Waals surface area contributed by atoms with Gasteiger partial charge in [0.15, 0.2) is 0 Å². The standard InChI is InChI=1S/C21H21.Cm/c1-17-7-13-20(14-8-17)21-15-11-19(12-16-21)10-9-18-5-3-2-4-6-18;/h3-6,11-12,15-17,20H,7-8,13-14H2,1H3;/q-1;. The summed E-state index contributed by atoms with van der Waals surface area (Å²) in [6, 6.07) is 19.7. The molecule has 0 atom stereocenters. The van der Waals surface area contributed by atoms with Crippen LogP contribution in [-0.2, 0) is 0 Å². The Morgan fingerprint density at radius 3 is 1.95 bits per heavy atom. The van der Waals surface area contributed by atoms with Gasteiger partial charge in [-0.1, -0.05) is 49.3 Å². The zero-order valence-corrected chi connectivity index (χ0v) is 15.9. The molecular formula is C21H21Cm-. The van der Waals surface area contributed by atoms with Crippen LogP contribution in [0.15, 0.2) is 48.5 Å². The second kappa shape index (κ2) is 7.14. The average molecular weight is 520 g/mol. The van der Waals surface area contributed by atoms with Crippen LogP contribution in [0.3, 0.4) is 0 Å². The molecule has 0 N–H and O–H groups in total. The zero-order chi connectivity index (χ0) is 14.5. The molecule has 0 bridgehead atoms. The van der Waals surface area contributed by atoms with Crippen LogP contribution in [-0.4, -0.2) is 0 Å². The van der Waals surface area contributed by atoms with Gasteiger partial charge < -0.3 is 0 Å². The van der Waals surface area contributed by atoms with E-state index in [0.717, 1.165) is 23.0 Å². The summed E-state index contributed by atoms with van der Waals surface area (Å²) in [5.41, 5.74) is 3.62. The van der Waals surface area contributed by atoms with Gasteiger partial charge >= 0.3 is 0 Å². The maximum absolute atomic E-state index is 3.23. The molecule has 1 fully saturated rings. The monoisotopic (exact) mass is 516 g/mol. The molecule has 0 spiro atoms. The van der Waals surface area contributed by atoms with Crippen molar-refractivity contribution in [3.8, 4) is 11.8 Å². The van der Waals surface area contributed by atoms with E-state index in [1.807, 2.05) is 24.3 Å². The predicted octanol–water partition coefficient (Wildman–Crippen LogP) is 5.18. The Bertz CT molecular complexity index is 623.